The number of carbonyl (C=O) groups excluding carboxylic acids is 1. The van der Waals surface area contributed by atoms with Crippen LogP contribution in [-0.2, 0) is 10.2 Å². The van der Waals surface area contributed by atoms with Crippen LogP contribution in [-0.4, -0.2) is 29.7 Å². The van der Waals surface area contributed by atoms with Gasteiger partial charge in [0, 0.05) is 17.6 Å². The maximum Gasteiger partial charge on any atom is 0.471 e. The highest BCUT2D eigenvalue weighted by Crippen LogP contribution is 2.51. The molecule has 7 heteroatoms. The van der Waals surface area contributed by atoms with Crippen LogP contribution in [0.1, 0.15) is 41.6 Å². The van der Waals surface area contributed by atoms with E-state index in [1.54, 1.807) is 6.07 Å². The molecule has 1 aliphatic heterocycles. The van der Waals surface area contributed by atoms with Crippen LogP contribution in [0, 0.1) is 0 Å². The monoisotopic (exact) mass is 313 g/mol. The van der Waals surface area contributed by atoms with Gasteiger partial charge in [-0.05, 0) is 30.5 Å². The molecule has 1 amide bonds. The lowest BCUT2D eigenvalue weighted by Gasteiger charge is -2.25. The van der Waals surface area contributed by atoms with Crippen LogP contribution in [0.15, 0.2) is 18.2 Å². The van der Waals surface area contributed by atoms with E-state index in [1.165, 1.54) is 12.1 Å². The van der Waals surface area contributed by atoms with Crippen molar-refractivity contribution in [2.45, 2.75) is 37.3 Å². The van der Waals surface area contributed by atoms with E-state index >= 15 is 0 Å². The molecule has 0 radical (unpaired) electrons. The molecule has 1 aromatic rings. The summed E-state index contributed by atoms with van der Waals surface area (Å²) in [6, 6.07) is 4.13. The van der Waals surface area contributed by atoms with Crippen LogP contribution in [0.4, 0.5) is 18.9 Å². The number of hydrogen-bond donors (Lipinski definition) is 1. The molecule has 3 rings (SSSR count). The standard InChI is InChI=1S/C15H14F3NO3/c16-15(17,18)13(22)19-8-14(5-1-2-6-14)10-4-3-9(12(20)21)7-11(10)19/h3-4,7H,1-2,5-6,8H2,(H,20,21). The third-order valence-electron chi connectivity index (χ3n) is 4.62. The van der Waals surface area contributed by atoms with E-state index in [2.05, 4.69) is 0 Å². The van der Waals surface area contributed by atoms with Crippen molar-refractivity contribution in [3.05, 3.63) is 29.3 Å². The molecule has 0 bridgehead atoms. The fourth-order valence-electron chi connectivity index (χ4n) is 3.62. The average Bonchev–Trinajstić information content (AvgIpc) is 3.03. The molecule has 0 unspecified atom stereocenters. The molecule has 1 aliphatic carbocycles. The topological polar surface area (TPSA) is 57.6 Å². The Morgan fingerprint density at radius 3 is 2.36 bits per heavy atom. The second kappa shape index (κ2) is 4.72. The van der Waals surface area contributed by atoms with Gasteiger partial charge in [0.05, 0.1) is 5.56 Å². The minimum atomic E-state index is -4.97. The van der Waals surface area contributed by atoms with Gasteiger partial charge in [-0.25, -0.2) is 4.79 Å². The first-order valence-electron chi connectivity index (χ1n) is 7.01. The maximum absolute atomic E-state index is 12.8. The van der Waals surface area contributed by atoms with Gasteiger partial charge in [-0.1, -0.05) is 18.9 Å². The minimum absolute atomic E-state index is 0.0241. The zero-order valence-corrected chi connectivity index (χ0v) is 11.6. The van der Waals surface area contributed by atoms with Gasteiger partial charge >= 0.3 is 18.1 Å². The number of amides is 1. The number of fused-ring (bicyclic) bond motifs is 2. The summed E-state index contributed by atoms with van der Waals surface area (Å²) in [6.07, 6.45) is -1.74. The molecule has 1 aromatic carbocycles. The average molecular weight is 313 g/mol. The molecular formula is C15H14F3NO3. The van der Waals surface area contributed by atoms with Crippen molar-refractivity contribution in [1.82, 2.24) is 0 Å². The van der Waals surface area contributed by atoms with Crippen molar-refractivity contribution in [2.24, 2.45) is 0 Å². The number of aromatic carboxylic acids is 1. The number of alkyl halides is 3. The van der Waals surface area contributed by atoms with Crippen LogP contribution in [0.25, 0.3) is 0 Å². The van der Waals surface area contributed by atoms with Crippen molar-refractivity contribution < 1.29 is 27.9 Å². The number of benzene rings is 1. The van der Waals surface area contributed by atoms with E-state index in [9.17, 15) is 22.8 Å². The molecule has 118 valence electrons. The van der Waals surface area contributed by atoms with Crippen LogP contribution < -0.4 is 4.90 Å². The molecular weight excluding hydrogens is 299 g/mol. The lowest BCUT2D eigenvalue weighted by molar-refractivity contribution is -0.170. The molecule has 0 aromatic heterocycles. The van der Waals surface area contributed by atoms with Gasteiger partial charge in [0.25, 0.3) is 0 Å². The Morgan fingerprint density at radius 1 is 1.18 bits per heavy atom. The maximum atomic E-state index is 12.8. The zero-order valence-electron chi connectivity index (χ0n) is 11.6. The molecule has 22 heavy (non-hydrogen) atoms. The molecule has 0 saturated heterocycles. The van der Waals surface area contributed by atoms with Crippen molar-refractivity contribution in [3.63, 3.8) is 0 Å². The predicted octanol–water partition coefficient (Wildman–Crippen LogP) is 3.11. The van der Waals surface area contributed by atoms with Gasteiger partial charge in [0.1, 0.15) is 0 Å². The Kier molecular flexibility index (Phi) is 3.19. The van der Waals surface area contributed by atoms with Crippen molar-refractivity contribution >= 4 is 17.6 Å². The Labute approximate surface area is 124 Å². The summed E-state index contributed by atoms with van der Waals surface area (Å²) >= 11 is 0. The third-order valence-corrected chi connectivity index (χ3v) is 4.62. The number of halogens is 3. The van der Waals surface area contributed by atoms with Gasteiger partial charge < -0.3 is 10.0 Å². The summed E-state index contributed by atoms with van der Waals surface area (Å²) in [5.74, 6) is -3.16. The second-order valence-electron chi connectivity index (χ2n) is 5.91. The van der Waals surface area contributed by atoms with Crippen molar-refractivity contribution in [3.8, 4) is 0 Å². The predicted molar refractivity (Wildman–Crippen MR) is 72.0 cm³/mol. The van der Waals surface area contributed by atoms with E-state index in [0.29, 0.717) is 23.3 Å². The molecule has 1 N–H and O–H groups in total. The number of anilines is 1. The number of rotatable bonds is 1. The molecule has 2 aliphatic rings. The first-order chi connectivity index (χ1) is 10.2. The smallest absolute Gasteiger partial charge is 0.471 e. The fraction of sp³-hybridized carbons (Fsp3) is 0.467. The van der Waals surface area contributed by atoms with Gasteiger partial charge in [-0.2, -0.15) is 13.2 Å². The Morgan fingerprint density at radius 2 is 1.82 bits per heavy atom. The first kappa shape index (κ1) is 14.9. The van der Waals surface area contributed by atoms with E-state index in [0.717, 1.165) is 12.8 Å². The van der Waals surface area contributed by atoms with Gasteiger partial charge in [0.15, 0.2) is 0 Å². The summed E-state index contributed by atoms with van der Waals surface area (Å²) < 4.78 is 38.5. The Hall–Kier alpha value is -2.05. The zero-order chi connectivity index (χ0) is 16.1. The van der Waals surface area contributed by atoms with E-state index < -0.39 is 23.5 Å². The summed E-state index contributed by atoms with van der Waals surface area (Å²) in [5.41, 5.74) is 0.165. The molecule has 1 spiro atoms. The first-order valence-corrected chi connectivity index (χ1v) is 7.01. The number of hydrogen-bond acceptors (Lipinski definition) is 2. The summed E-state index contributed by atoms with van der Waals surface area (Å²) in [4.78, 5) is 23.5. The Bertz CT molecular complexity index is 648. The highest BCUT2D eigenvalue weighted by atomic mass is 19.4. The Balaban J connectivity index is 2.11. The minimum Gasteiger partial charge on any atom is -0.478 e. The quantitative estimate of drug-likeness (QED) is 0.866. The molecule has 0 atom stereocenters. The molecule has 1 heterocycles. The highest BCUT2D eigenvalue weighted by molar-refractivity contribution is 6.01. The van der Waals surface area contributed by atoms with Crippen LogP contribution in [0.3, 0.4) is 0 Å². The number of carboxylic acid groups (broad SMARTS) is 1. The van der Waals surface area contributed by atoms with Crippen LogP contribution >= 0.6 is 0 Å². The lowest BCUT2D eigenvalue weighted by Crippen LogP contribution is -2.43. The van der Waals surface area contributed by atoms with Gasteiger partial charge in [-0.3, -0.25) is 4.79 Å². The third kappa shape index (κ3) is 2.15. The largest absolute Gasteiger partial charge is 0.478 e. The van der Waals surface area contributed by atoms with Crippen molar-refractivity contribution in [1.29, 1.82) is 0 Å². The molecule has 4 nitrogen and oxygen atoms in total. The van der Waals surface area contributed by atoms with Crippen LogP contribution in [0.2, 0.25) is 0 Å². The van der Waals surface area contributed by atoms with E-state index in [4.69, 9.17) is 5.11 Å². The molecule has 1 fully saturated rings. The lowest BCUT2D eigenvalue weighted by atomic mass is 9.80. The number of carbonyl (C=O) groups is 2. The highest BCUT2D eigenvalue weighted by Gasteiger charge is 2.52. The summed E-state index contributed by atoms with van der Waals surface area (Å²) in [6.45, 7) is -0.0241. The number of nitrogens with zero attached hydrogens (tertiary/aromatic N) is 1. The van der Waals surface area contributed by atoms with Crippen molar-refractivity contribution in [2.75, 3.05) is 11.4 Å². The van der Waals surface area contributed by atoms with Gasteiger partial charge in [-0.15, -0.1) is 0 Å². The van der Waals surface area contributed by atoms with E-state index in [1.807, 2.05) is 0 Å². The fourth-order valence-corrected chi connectivity index (χ4v) is 3.62. The van der Waals surface area contributed by atoms with E-state index in [-0.39, 0.29) is 17.8 Å². The summed E-state index contributed by atoms with van der Waals surface area (Å²) in [5, 5.41) is 9.03. The normalized spacial score (nSPS) is 19.5. The number of carboxylic acids is 1. The SMILES string of the molecule is O=C(O)c1ccc2c(c1)N(C(=O)C(F)(F)F)CC21CCCC1. The second-order valence-corrected chi connectivity index (χ2v) is 5.91. The van der Waals surface area contributed by atoms with Gasteiger partial charge in [0.2, 0.25) is 0 Å². The summed E-state index contributed by atoms with van der Waals surface area (Å²) in [7, 11) is 0. The molecule has 1 saturated carbocycles. The van der Waals surface area contributed by atoms with Crippen LogP contribution in [0.5, 0.6) is 0 Å².